The highest BCUT2D eigenvalue weighted by atomic mass is 16.3. The van der Waals surface area contributed by atoms with Crippen LogP contribution < -0.4 is 4.57 Å². The van der Waals surface area contributed by atoms with Gasteiger partial charge in [-0.1, -0.05) is 68.4 Å². The fraction of sp³-hybridized carbons (Fsp3) is 0.167. The van der Waals surface area contributed by atoms with Crippen LogP contribution in [0.25, 0.3) is 54.7 Å². The number of para-hydroxylation sites is 1. The largest absolute Gasteiger partial charge is 0.455 e. The van der Waals surface area contributed by atoms with E-state index in [-0.39, 0.29) is 0 Å². The van der Waals surface area contributed by atoms with Crippen molar-refractivity contribution < 1.29 is 8.98 Å². The second kappa shape index (κ2) is 6.93. The van der Waals surface area contributed by atoms with E-state index >= 15 is 0 Å². The number of pyridine rings is 1. The lowest BCUT2D eigenvalue weighted by Crippen LogP contribution is -2.30. The van der Waals surface area contributed by atoms with E-state index in [2.05, 4.69) is 105 Å². The molecule has 2 heterocycles. The lowest BCUT2D eigenvalue weighted by Gasteiger charge is -2.13. The third-order valence-electron chi connectivity index (χ3n) is 6.86. The van der Waals surface area contributed by atoms with Gasteiger partial charge in [0.1, 0.15) is 18.2 Å². The van der Waals surface area contributed by atoms with Crippen LogP contribution in [0.15, 0.2) is 83.4 Å². The molecule has 0 aliphatic heterocycles. The third kappa shape index (κ3) is 2.62. The van der Waals surface area contributed by atoms with Gasteiger partial charge >= 0.3 is 0 Å². The lowest BCUT2D eigenvalue weighted by atomic mass is 9.91. The first-order valence-corrected chi connectivity index (χ1v) is 11.3. The van der Waals surface area contributed by atoms with Crippen molar-refractivity contribution in [3.8, 4) is 11.3 Å². The molecular formula is C30H26NO+. The zero-order valence-electron chi connectivity index (χ0n) is 18.9. The molecule has 0 saturated carbocycles. The number of aromatic nitrogens is 1. The topological polar surface area (TPSA) is 17.0 Å². The van der Waals surface area contributed by atoms with E-state index in [4.69, 9.17) is 4.42 Å². The van der Waals surface area contributed by atoms with Crippen LogP contribution in [-0.4, -0.2) is 0 Å². The molecule has 0 bridgehead atoms. The Kier molecular flexibility index (Phi) is 4.13. The van der Waals surface area contributed by atoms with Crippen LogP contribution in [0.5, 0.6) is 0 Å². The second-order valence-electron chi connectivity index (χ2n) is 9.12. The highest BCUT2D eigenvalue weighted by molar-refractivity contribution is 6.24. The van der Waals surface area contributed by atoms with Gasteiger partial charge in [-0.15, -0.1) is 0 Å². The van der Waals surface area contributed by atoms with Crippen LogP contribution >= 0.6 is 0 Å². The van der Waals surface area contributed by atoms with E-state index in [9.17, 15) is 0 Å². The highest BCUT2D eigenvalue weighted by Gasteiger charge is 2.26. The molecule has 6 aromatic rings. The molecule has 0 N–H and O–H groups in total. The van der Waals surface area contributed by atoms with Gasteiger partial charge in [0, 0.05) is 16.8 Å². The normalized spacial score (nSPS) is 12.0. The Morgan fingerprint density at radius 3 is 2.28 bits per heavy atom. The molecule has 0 unspecified atom stereocenters. The zero-order valence-corrected chi connectivity index (χ0v) is 18.9. The van der Waals surface area contributed by atoms with E-state index < -0.39 is 0 Å². The second-order valence-corrected chi connectivity index (χ2v) is 9.12. The first-order valence-electron chi connectivity index (χ1n) is 11.3. The van der Waals surface area contributed by atoms with Crippen LogP contribution in [0.1, 0.15) is 30.9 Å². The van der Waals surface area contributed by atoms with Gasteiger partial charge in [0.25, 0.3) is 0 Å². The van der Waals surface area contributed by atoms with Crippen LogP contribution in [0.2, 0.25) is 0 Å². The van der Waals surface area contributed by atoms with Gasteiger partial charge < -0.3 is 4.42 Å². The minimum Gasteiger partial charge on any atom is -0.455 e. The van der Waals surface area contributed by atoms with Gasteiger partial charge in [-0.05, 0) is 52.3 Å². The number of aryl methyl sites for hydroxylation is 2. The summed E-state index contributed by atoms with van der Waals surface area (Å²) in [5.74, 6) is 0.501. The van der Waals surface area contributed by atoms with E-state index in [1.807, 2.05) is 6.07 Å². The van der Waals surface area contributed by atoms with E-state index in [0.29, 0.717) is 5.92 Å². The summed E-state index contributed by atoms with van der Waals surface area (Å²) in [5.41, 5.74) is 6.90. The van der Waals surface area contributed by atoms with Crippen molar-refractivity contribution in [3.63, 3.8) is 0 Å². The molecule has 0 saturated heterocycles. The molecule has 0 fully saturated rings. The van der Waals surface area contributed by atoms with Gasteiger partial charge in [0.15, 0.2) is 6.20 Å². The summed E-state index contributed by atoms with van der Waals surface area (Å²) in [5, 5.41) is 7.41. The lowest BCUT2D eigenvalue weighted by molar-refractivity contribution is -0.659. The number of hydrogen-bond acceptors (Lipinski definition) is 1. The number of hydrogen-bond donors (Lipinski definition) is 0. The summed E-state index contributed by atoms with van der Waals surface area (Å²) in [4.78, 5) is 0. The molecule has 2 aromatic heterocycles. The maximum Gasteiger partial charge on any atom is 0.224 e. The van der Waals surface area contributed by atoms with E-state index in [1.165, 1.54) is 54.7 Å². The van der Waals surface area contributed by atoms with Gasteiger partial charge in [0.2, 0.25) is 5.69 Å². The molecular weight excluding hydrogens is 390 g/mol. The standard InChI is InChI=1S/C30H26NO/c1-18(2)20-13-14-23-21(17-20)15-16-31(4)29(23)27-19(3)22-9-5-6-10-24(22)28-25-11-7-8-12-26(25)32-30(27)28/h5-18H,1-4H3/q+1. The quantitative estimate of drug-likeness (QED) is 0.263. The number of nitrogens with zero attached hydrogens (tertiary/aromatic N) is 1. The van der Waals surface area contributed by atoms with Crippen molar-refractivity contribution in [3.05, 3.63) is 90.1 Å². The molecule has 0 aliphatic carbocycles. The average molecular weight is 417 g/mol. The van der Waals surface area contributed by atoms with E-state index in [1.54, 1.807) is 0 Å². The highest BCUT2D eigenvalue weighted by Crippen LogP contribution is 2.44. The summed E-state index contributed by atoms with van der Waals surface area (Å²) in [6, 6.07) is 26.2. The van der Waals surface area contributed by atoms with Gasteiger partial charge in [-0.2, -0.15) is 0 Å². The first-order chi connectivity index (χ1) is 15.5. The number of rotatable bonds is 2. The predicted molar refractivity (Wildman–Crippen MR) is 134 cm³/mol. The Morgan fingerprint density at radius 2 is 1.50 bits per heavy atom. The molecule has 156 valence electrons. The smallest absolute Gasteiger partial charge is 0.224 e. The van der Waals surface area contributed by atoms with Gasteiger partial charge in [0.05, 0.1) is 10.9 Å². The van der Waals surface area contributed by atoms with Crippen LogP contribution in [0.3, 0.4) is 0 Å². The fourth-order valence-electron chi connectivity index (χ4n) is 5.17. The van der Waals surface area contributed by atoms with Crippen molar-refractivity contribution in [2.75, 3.05) is 0 Å². The molecule has 2 heteroatoms. The number of benzene rings is 4. The molecule has 2 nitrogen and oxygen atoms in total. The Balaban J connectivity index is 1.84. The Bertz CT molecular complexity index is 1670. The predicted octanol–water partition coefficient (Wildman–Crippen LogP) is 7.82. The van der Waals surface area contributed by atoms with Crippen molar-refractivity contribution in [1.82, 2.24) is 0 Å². The molecule has 0 radical (unpaired) electrons. The summed E-state index contributed by atoms with van der Waals surface area (Å²) >= 11 is 0. The molecule has 32 heavy (non-hydrogen) atoms. The van der Waals surface area contributed by atoms with Crippen molar-refractivity contribution in [1.29, 1.82) is 0 Å². The Labute approximate surface area is 187 Å². The zero-order chi connectivity index (χ0) is 22.0. The van der Waals surface area contributed by atoms with Crippen LogP contribution in [0.4, 0.5) is 0 Å². The SMILES string of the molecule is Cc1c(-c2c3ccc(C(C)C)cc3cc[n+]2C)c2oc3ccccc3c2c2ccccc12. The molecule has 4 aromatic carbocycles. The maximum absolute atomic E-state index is 6.58. The molecule has 0 aliphatic rings. The molecule has 6 rings (SSSR count). The Morgan fingerprint density at radius 1 is 0.781 bits per heavy atom. The molecule has 0 atom stereocenters. The Hall–Kier alpha value is -3.65. The van der Waals surface area contributed by atoms with Crippen molar-refractivity contribution >= 4 is 43.5 Å². The summed E-state index contributed by atoms with van der Waals surface area (Å²) in [6.07, 6.45) is 2.17. The van der Waals surface area contributed by atoms with Crippen LogP contribution in [0, 0.1) is 6.92 Å². The van der Waals surface area contributed by atoms with Gasteiger partial charge in [-0.25, -0.2) is 4.57 Å². The van der Waals surface area contributed by atoms with Crippen molar-refractivity contribution in [2.45, 2.75) is 26.7 Å². The fourth-order valence-corrected chi connectivity index (χ4v) is 5.17. The maximum atomic E-state index is 6.58. The summed E-state index contributed by atoms with van der Waals surface area (Å²) in [6.45, 7) is 6.72. The third-order valence-corrected chi connectivity index (χ3v) is 6.86. The molecule has 0 amide bonds. The minimum atomic E-state index is 0.501. The van der Waals surface area contributed by atoms with E-state index in [0.717, 1.165) is 11.2 Å². The van der Waals surface area contributed by atoms with Gasteiger partial charge in [-0.3, -0.25) is 0 Å². The number of fused-ring (bicyclic) bond motifs is 6. The number of furan rings is 1. The van der Waals surface area contributed by atoms with Crippen molar-refractivity contribution in [2.24, 2.45) is 7.05 Å². The minimum absolute atomic E-state index is 0.501. The first kappa shape index (κ1) is 19.1. The summed E-state index contributed by atoms with van der Waals surface area (Å²) < 4.78 is 8.82. The van der Waals surface area contributed by atoms with Crippen LogP contribution in [-0.2, 0) is 7.05 Å². The summed E-state index contributed by atoms with van der Waals surface area (Å²) in [7, 11) is 2.13. The monoisotopic (exact) mass is 416 g/mol. The molecule has 0 spiro atoms. The average Bonchev–Trinajstić information content (AvgIpc) is 3.19.